The summed E-state index contributed by atoms with van der Waals surface area (Å²) >= 11 is 0. The number of phenols is 1. The van der Waals surface area contributed by atoms with Crippen LogP contribution in [0.15, 0.2) is 42.5 Å². The van der Waals surface area contributed by atoms with Crippen LogP contribution in [0.3, 0.4) is 0 Å². The Balaban J connectivity index is 2.00. The Morgan fingerprint density at radius 3 is 2.58 bits per heavy atom. The first kappa shape index (κ1) is 13.2. The molecule has 0 aliphatic carbocycles. The molecule has 2 aromatic carbocycles. The maximum atomic E-state index is 9.89. The van der Waals surface area contributed by atoms with Crippen molar-refractivity contribution < 1.29 is 9.84 Å². The van der Waals surface area contributed by atoms with Gasteiger partial charge in [0.15, 0.2) is 0 Å². The van der Waals surface area contributed by atoms with E-state index in [4.69, 9.17) is 4.74 Å². The largest absolute Gasteiger partial charge is 0.508 e. The van der Waals surface area contributed by atoms with E-state index in [1.165, 1.54) is 0 Å². The van der Waals surface area contributed by atoms with Crippen LogP contribution >= 0.6 is 0 Å². The van der Waals surface area contributed by atoms with Crippen LogP contribution < -0.4 is 15.6 Å². The van der Waals surface area contributed by atoms with Crippen molar-refractivity contribution in [2.24, 2.45) is 0 Å². The van der Waals surface area contributed by atoms with Crippen LogP contribution in [0.4, 0.5) is 5.69 Å². The van der Waals surface area contributed by atoms with E-state index in [1.54, 1.807) is 13.2 Å². The molecule has 2 rings (SSSR count). The summed E-state index contributed by atoms with van der Waals surface area (Å²) < 4.78 is 5.25. The summed E-state index contributed by atoms with van der Waals surface area (Å²) in [7, 11) is 1.62. The number of rotatable bonds is 5. The van der Waals surface area contributed by atoms with Gasteiger partial charge in [-0.15, -0.1) is 0 Å². The van der Waals surface area contributed by atoms with Crippen LogP contribution in [0.25, 0.3) is 0 Å². The van der Waals surface area contributed by atoms with E-state index < -0.39 is 0 Å². The summed E-state index contributed by atoms with van der Waals surface area (Å²) in [5, 5.41) is 9.89. The first-order chi connectivity index (χ1) is 9.20. The first-order valence-corrected chi connectivity index (χ1v) is 6.11. The molecule has 19 heavy (non-hydrogen) atoms. The van der Waals surface area contributed by atoms with E-state index in [9.17, 15) is 5.11 Å². The van der Waals surface area contributed by atoms with Gasteiger partial charge in [0.05, 0.1) is 7.11 Å². The van der Waals surface area contributed by atoms with Gasteiger partial charge >= 0.3 is 0 Å². The summed E-state index contributed by atoms with van der Waals surface area (Å²) in [4.78, 5) is 0. The summed E-state index contributed by atoms with van der Waals surface area (Å²) in [5.41, 5.74) is 8.81. The van der Waals surface area contributed by atoms with E-state index in [2.05, 4.69) is 10.9 Å². The van der Waals surface area contributed by atoms with Crippen molar-refractivity contribution in [3.63, 3.8) is 0 Å². The van der Waals surface area contributed by atoms with Gasteiger partial charge in [0.2, 0.25) is 0 Å². The molecule has 2 aromatic rings. The second-order valence-corrected chi connectivity index (χ2v) is 4.30. The molecule has 0 fully saturated rings. The van der Waals surface area contributed by atoms with Gasteiger partial charge in [0.25, 0.3) is 0 Å². The van der Waals surface area contributed by atoms with Gasteiger partial charge in [-0.1, -0.05) is 18.2 Å². The standard InChI is InChI=1S/C15H18N2O2/c1-11-8-14(18)12(9-15(11)19-2)10-16-17-13-6-4-3-5-7-13/h3-9,16-18H,10H2,1-2H3. The molecule has 4 heteroatoms. The first-order valence-electron chi connectivity index (χ1n) is 6.11. The van der Waals surface area contributed by atoms with E-state index in [0.29, 0.717) is 6.54 Å². The van der Waals surface area contributed by atoms with Crippen molar-refractivity contribution in [1.82, 2.24) is 5.43 Å². The number of phenolic OH excluding ortho intramolecular Hbond substituents is 1. The molecule has 0 unspecified atom stereocenters. The molecule has 4 nitrogen and oxygen atoms in total. The number of nitrogens with one attached hydrogen (secondary N) is 2. The lowest BCUT2D eigenvalue weighted by Crippen LogP contribution is -2.20. The number of aryl methyl sites for hydroxylation is 1. The van der Waals surface area contributed by atoms with Crippen molar-refractivity contribution in [1.29, 1.82) is 0 Å². The van der Waals surface area contributed by atoms with Crippen LogP contribution in [-0.2, 0) is 6.54 Å². The van der Waals surface area contributed by atoms with Gasteiger partial charge in [0.1, 0.15) is 11.5 Å². The Morgan fingerprint density at radius 1 is 1.16 bits per heavy atom. The highest BCUT2D eigenvalue weighted by atomic mass is 16.5. The number of hydrogen-bond donors (Lipinski definition) is 3. The average Bonchev–Trinajstić information content (AvgIpc) is 2.42. The number of methoxy groups -OCH3 is 1. The second kappa shape index (κ2) is 6.11. The lowest BCUT2D eigenvalue weighted by molar-refractivity contribution is 0.407. The molecule has 0 saturated heterocycles. The van der Waals surface area contributed by atoms with Crippen LogP contribution in [0, 0.1) is 6.92 Å². The molecule has 0 aliphatic rings. The molecule has 0 radical (unpaired) electrons. The molecule has 0 aliphatic heterocycles. The number of anilines is 1. The number of aromatic hydroxyl groups is 1. The Morgan fingerprint density at radius 2 is 1.89 bits per heavy atom. The molecule has 0 saturated carbocycles. The van der Waals surface area contributed by atoms with Crippen LogP contribution in [0.2, 0.25) is 0 Å². The lowest BCUT2D eigenvalue weighted by Gasteiger charge is -2.12. The lowest BCUT2D eigenvalue weighted by atomic mass is 10.1. The molecule has 0 heterocycles. The number of benzene rings is 2. The Hall–Kier alpha value is -2.20. The van der Waals surface area contributed by atoms with Gasteiger partial charge in [0, 0.05) is 17.8 Å². The van der Waals surface area contributed by atoms with Crippen molar-refractivity contribution in [2.45, 2.75) is 13.5 Å². The van der Waals surface area contributed by atoms with Crippen LogP contribution in [0.1, 0.15) is 11.1 Å². The number of hydrazine groups is 1. The number of ether oxygens (including phenoxy) is 1. The van der Waals surface area contributed by atoms with Crippen LogP contribution in [-0.4, -0.2) is 12.2 Å². The molecular formula is C15H18N2O2. The van der Waals surface area contributed by atoms with Gasteiger partial charge in [-0.2, -0.15) is 0 Å². The fourth-order valence-electron chi connectivity index (χ4n) is 1.84. The predicted molar refractivity (Wildman–Crippen MR) is 76.3 cm³/mol. The summed E-state index contributed by atoms with van der Waals surface area (Å²) in [5.74, 6) is 1.04. The Labute approximate surface area is 113 Å². The molecular weight excluding hydrogens is 240 g/mol. The highest BCUT2D eigenvalue weighted by Gasteiger charge is 2.06. The topological polar surface area (TPSA) is 53.5 Å². The van der Waals surface area contributed by atoms with Crippen molar-refractivity contribution >= 4 is 5.69 Å². The van der Waals surface area contributed by atoms with E-state index in [-0.39, 0.29) is 5.75 Å². The Kier molecular flexibility index (Phi) is 4.26. The summed E-state index contributed by atoms with van der Waals surface area (Å²) in [6.45, 7) is 2.40. The van der Waals surface area contributed by atoms with E-state index in [0.717, 1.165) is 22.6 Å². The van der Waals surface area contributed by atoms with E-state index >= 15 is 0 Å². The average molecular weight is 258 g/mol. The highest BCUT2D eigenvalue weighted by Crippen LogP contribution is 2.27. The molecule has 3 N–H and O–H groups in total. The maximum Gasteiger partial charge on any atom is 0.122 e. The van der Waals surface area contributed by atoms with Crippen molar-refractivity contribution in [2.75, 3.05) is 12.5 Å². The maximum absolute atomic E-state index is 9.89. The molecule has 100 valence electrons. The normalized spacial score (nSPS) is 10.2. The zero-order chi connectivity index (χ0) is 13.7. The molecule has 0 atom stereocenters. The minimum Gasteiger partial charge on any atom is -0.508 e. The monoisotopic (exact) mass is 258 g/mol. The SMILES string of the molecule is COc1cc(CNNc2ccccc2)c(O)cc1C. The van der Waals surface area contributed by atoms with Gasteiger partial charge in [-0.3, -0.25) is 0 Å². The fourth-order valence-corrected chi connectivity index (χ4v) is 1.84. The number of para-hydroxylation sites is 1. The molecule has 0 bridgehead atoms. The van der Waals surface area contributed by atoms with Crippen molar-refractivity contribution in [3.8, 4) is 11.5 Å². The zero-order valence-electron chi connectivity index (χ0n) is 11.1. The third-order valence-corrected chi connectivity index (χ3v) is 2.88. The highest BCUT2D eigenvalue weighted by molar-refractivity contribution is 5.46. The van der Waals surface area contributed by atoms with Gasteiger partial charge in [-0.25, -0.2) is 5.43 Å². The third kappa shape index (κ3) is 3.39. The second-order valence-electron chi connectivity index (χ2n) is 4.30. The van der Waals surface area contributed by atoms with Crippen LogP contribution in [0.5, 0.6) is 11.5 Å². The molecule has 0 amide bonds. The Bertz CT molecular complexity index is 541. The molecule has 0 aromatic heterocycles. The molecule has 0 spiro atoms. The quantitative estimate of drug-likeness (QED) is 0.722. The minimum atomic E-state index is 0.265. The van der Waals surface area contributed by atoms with Gasteiger partial charge < -0.3 is 15.3 Å². The van der Waals surface area contributed by atoms with Crippen molar-refractivity contribution in [3.05, 3.63) is 53.6 Å². The van der Waals surface area contributed by atoms with E-state index in [1.807, 2.05) is 43.3 Å². The third-order valence-electron chi connectivity index (χ3n) is 2.88. The minimum absolute atomic E-state index is 0.265. The smallest absolute Gasteiger partial charge is 0.122 e. The summed E-state index contributed by atoms with van der Waals surface area (Å²) in [6.07, 6.45) is 0. The predicted octanol–water partition coefficient (Wildman–Crippen LogP) is 2.83. The number of hydrogen-bond acceptors (Lipinski definition) is 4. The van der Waals surface area contributed by atoms with Gasteiger partial charge in [-0.05, 0) is 36.8 Å². The zero-order valence-corrected chi connectivity index (χ0v) is 11.1. The fraction of sp³-hybridized carbons (Fsp3) is 0.200. The summed E-state index contributed by atoms with van der Waals surface area (Å²) in [6, 6.07) is 13.3.